The van der Waals surface area contributed by atoms with Crippen molar-refractivity contribution in [2.75, 3.05) is 19.7 Å². The second-order valence-corrected chi connectivity index (χ2v) is 4.18. The second kappa shape index (κ2) is 3.75. The lowest BCUT2D eigenvalue weighted by molar-refractivity contribution is 0.137. The molecule has 2 heteroatoms. The molecule has 0 spiro atoms. The lowest BCUT2D eigenvalue weighted by Crippen LogP contribution is -2.36. The minimum absolute atomic E-state index is 0.404. The lowest BCUT2D eigenvalue weighted by atomic mass is 10.0. The van der Waals surface area contributed by atoms with Crippen molar-refractivity contribution < 1.29 is 5.11 Å². The van der Waals surface area contributed by atoms with Crippen molar-refractivity contribution in [3.63, 3.8) is 0 Å². The molecule has 0 aromatic carbocycles. The van der Waals surface area contributed by atoms with Gasteiger partial charge in [-0.25, -0.2) is 0 Å². The van der Waals surface area contributed by atoms with Gasteiger partial charge in [0.2, 0.25) is 0 Å². The van der Waals surface area contributed by atoms with Crippen LogP contribution in [0.25, 0.3) is 0 Å². The fraction of sp³-hybridized carbons (Fsp3) is 1.00. The zero-order valence-corrected chi connectivity index (χ0v) is 7.71. The number of hydrogen-bond acceptors (Lipinski definition) is 2. The summed E-state index contributed by atoms with van der Waals surface area (Å²) in [5.74, 6) is 0.586. The van der Waals surface area contributed by atoms with Crippen LogP contribution < -0.4 is 0 Å². The Balaban J connectivity index is 1.92. The molecule has 2 atom stereocenters. The van der Waals surface area contributed by atoms with E-state index in [0.717, 1.165) is 6.04 Å². The molecule has 1 aliphatic heterocycles. The van der Waals surface area contributed by atoms with Crippen LogP contribution in [0.3, 0.4) is 0 Å². The summed E-state index contributed by atoms with van der Waals surface area (Å²) in [6.07, 6.45) is 6.64. The van der Waals surface area contributed by atoms with Gasteiger partial charge in [-0.15, -0.1) is 0 Å². The van der Waals surface area contributed by atoms with Crippen molar-refractivity contribution in [1.29, 1.82) is 0 Å². The Kier molecular flexibility index (Phi) is 2.66. The van der Waals surface area contributed by atoms with E-state index in [1.807, 2.05) is 0 Å². The first-order chi connectivity index (χ1) is 5.92. The topological polar surface area (TPSA) is 23.5 Å². The van der Waals surface area contributed by atoms with Crippen LogP contribution in [0, 0.1) is 5.92 Å². The molecule has 0 bridgehead atoms. The van der Waals surface area contributed by atoms with Crippen LogP contribution in [0.2, 0.25) is 0 Å². The zero-order valence-electron chi connectivity index (χ0n) is 7.71. The Hall–Kier alpha value is -0.0800. The minimum Gasteiger partial charge on any atom is -0.396 e. The van der Waals surface area contributed by atoms with Crippen molar-refractivity contribution >= 4 is 0 Å². The fourth-order valence-electron chi connectivity index (χ4n) is 2.78. The van der Waals surface area contributed by atoms with Crippen molar-refractivity contribution in [2.45, 2.75) is 38.1 Å². The van der Waals surface area contributed by atoms with Gasteiger partial charge in [0, 0.05) is 12.6 Å². The highest BCUT2D eigenvalue weighted by Gasteiger charge is 2.32. The van der Waals surface area contributed by atoms with Crippen LogP contribution in [0.5, 0.6) is 0 Å². The molecule has 1 saturated carbocycles. The highest BCUT2D eigenvalue weighted by atomic mass is 16.3. The summed E-state index contributed by atoms with van der Waals surface area (Å²) in [7, 11) is 0. The normalized spacial score (nSPS) is 37.8. The Morgan fingerprint density at radius 1 is 1.08 bits per heavy atom. The lowest BCUT2D eigenvalue weighted by Gasteiger charge is -2.27. The highest BCUT2D eigenvalue weighted by Crippen LogP contribution is 2.31. The molecule has 0 aromatic heterocycles. The molecule has 0 unspecified atom stereocenters. The third-order valence-corrected chi connectivity index (χ3v) is 3.46. The summed E-state index contributed by atoms with van der Waals surface area (Å²) >= 11 is 0. The van der Waals surface area contributed by atoms with E-state index in [0.29, 0.717) is 12.5 Å². The summed E-state index contributed by atoms with van der Waals surface area (Å²) in [6, 6.07) is 0.720. The monoisotopic (exact) mass is 169 g/mol. The van der Waals surface area contributed by atoms with Gasteiger partial charge in [-0.2, -0.15) is 0 Å². The molecule has 1 N–H and O–H groups in total. The van der Waals surface area contributed by atoms with E-state index in [1.54, 1.807) is 0 Å². The van der Waals surface area contributed by atoms with Crippen molar-refractivity contribution in [1.82, 2.24) is 4.90 Å². The van der Waals surface area contributed by atoms with E-state index < -0.39 is 0 Å². The first-order valence-electron chi connectivity index (χ1n) is 5.26. The fourth-order valence-corrected chi connectivity index (χ4v) is 2.78. The van der Waals surface area contributed by atoms with Gasteiger partial charge in [0.25, 0.3) is 0 Å². The van der Waals surface area contributed by atoms with Gasteiger partial charge in [0.05, 0.1) is 0 Å². The average molecular weight is 169 g/mol. The Morgan fingerprint density at radius 2 is 1.83 bits per heavy atom. The Morgan fingerprint density at radius 3 is 2.50 bits per heavy atom. The van der Waals surface area contributed by atoms with E-state index in [9.17, 15) is 5.11 Å². The third-order valence-electron chi connectivity index (χ3n) is 3.46. The summed E-state index contributed by atoms with van der Waals surface area (Å²) in [4.78, 5) is 2.59. The molecule has 70 valence electrons. The number of aliphatic hydroxyl groups excluding tert-OH is 1. The number of hydrogen-bond donors (Lipinski definition) is 1. The molecule has 2 aliphatic rings. The summed E-state index contributed by atoms with van der Waals surface area (Å²) in [6.45, 7) is 2.96. The maximum atomic E-state index is 9.17. The molecule has 0 radical (unpaired) electrons. The molecule has 2 nitrogen and oxygen atoms in total. The molecule has 2 fully saturated rings. The SMILES string of the molecule is OC[C@@H]1CCC[C@@H]1N1CCCC1. The standard InChI is InChI=1S/C10H19NO/c12-8-9-4-3-5-10(9)11-6-1-2-7-11/h9-10,12H,1-8H2/t9-,10-/m0/s1. The van der Waals surface area contributed by atoms with Crippen LogP contribution in [-0.2, 0) is 0 Å². The van der Waals surface area contributed by atoms with Gasteiger partial charge in [0.15, 0.2) is 0 Å². The van der Waals surface area contributed by atoms with E-state index in [2.05, 4.69) is 4.90 Å². The van der Waals surface area contributed by atoms with Crippen molar-refractivity contribution in [3.05, 3.63) is 0 Å². The van der Waals surface area contributed by atoms with Gasteiger partial charge < -0.3 is 10.0 Å². The minimum atomic E-state index is 0.404. The van der Waals surface area contributed by atoms with E-state index in [1.165, 1.54) is 45.2 Å². The maximum Gasteiger partial charge on any atom is 0.0474 e. The first-order valence-corrected chi connectivity index (χ1v) is 5.26. The van der Waals surface area contributed by atoms with Crippen molar-refractivity contribution in [3.8, 4) is 0 Å². The quantitative estimate of drug-likeness (QED) is 0.672. The second-order valence-electron chi connectivity index (χ2n) is 4.18. The molecular formula is C10H19NO. The molecule has 0 amide bonds. The number of aliphatic hydroxyl groups is 1. The van der Waals surface area contributed by atoms with Crippen LogP contribution >= 0.6 is 0 Å². The highest BCUT2D eigenvalue weighted by molar-refractivity contribution is 4.86. The van der Waals surface area contributed by atoms with Crippen LogP contribution in [0.1, 0.15) is 32.1 Å². The van der Waals surface area contributed by atoms with Crippen LogP contribution in [0.15, 0.2) is 0 Å². The van der Waals surface area contributed by atoms with E-state index in [4.69, 9.17) is 0 Å². The third kappa shape index (κ3) is 1.50. The molecule has 1 heterocycles. The predicted molar refractivity (Wildman–Crippen MR) is 49.0 cm³/mol. The molecular weight excluding hydrogens is 150 g/mol. The van der Waals surface area contributed by atoms with E-state index in [-0.39, 0.29) is 0 Å². The first kappa shape index (κ1) is 8.52. The van der Waals surface area contributed by atoms with Gasteiger partial charge in [-0.3, -0.25) is 0 Å². The molecule has 2 rings (SSSR count). The molecule has 1 aliphatic carbocycles. The summed E-state index contributed by atoms with van der Waals surface area (Å²) < 4.78 is 0. The maximum absolute atomic E-state index is 9.17. The van der Waals surface area contributed by atoms with Gasteiger partial charge in [-0.05, 0) is 44.7 Å². The summed E-state index contributed by atoms with van der Waals surface area (Å²) in [5, 5.41) is 9.17. The Labute approximate surface area is 74.6 Å². The van der Waals surface area contributed by atoms with Crippen molar-refractivity contribution in [2.24, 2.45) is 5.92 Å². The van der Waals surface area contributed by atoms with Gasteiger partial charge in [0.1, 0.15) is 0 Å². The van der Waals surface area contributed by atoms with Crippen LogP contribution in [-0.4, -0.2) is 35.7 Å². The number of rotatable bonds is 2. The van der Waals surface area contributed by atoms with E-state index >= 15 is 0 Å². The van der Waals surface area contributed by atoms with Crippen LogP contribution in [0.4, 0.5) is 0 Å². The molecule has 1 saturated heterocycles. The number of likely N-dealkylation sites (tertiary alicyclic amines) is 1. The summed E-state index contributed by atoms with van der Waals surface area (Å²) in [5.41, 5.74) is 0. The average Bonchev–Trinajstić information content (AvgIpc) is 2.74. The molecule has 12 heavy (non-hydrogen) atoms. The van der Waals surface area contributed by atoms with Gasteiger partial charge >= 0.3 is 0 Å². The Bertz CT molecular complexity index is 143. The van der Waals surface area contributed by atoms with Gasteiger partial charge in [-0.1, -0.05) is 6.42 Å². The zero-order chi connectivity index (χ0) is 8.39. The largest absolute Gasteiger partial charge is 0.396 e. The molecule has 0 aromatic rings. The number of nitrogens with zero attached hydrogens (tertiary/aromatic N) is 1. The predicted octanol–water partition coefficient (Wildman–Crippen LogP) is 1.24. The smallest absolute Gasteiger partial charge is 0.0474 e.